The number of anilines is 1. The summed E-state index contributed by atoms with van der Waals surface area (Å²) >= 11 is 0. The van der Waals surface area contributed by atoms with Gasteiger partial charge >= 0.3 is 0 Å². The molecular weight excluding hydrogens is 380 g/mol. The Hall–Kier alpha value is -3.48. The molecule has 0 aliphatic carbocycles. The maximum atomic E-state index is 12.6. The van der Waals surface area contributed by atoms with Crippen molar-refractivity contribution in [3.8, 4) is 17.2 Å². The minimum atomic E-state index is 0.00675. The molecule has 0 N–H and O–H groups in total. The molecule has 3 aromatic rings. The van der Waals surface area contributed by atoms with Crippen molar-refractivity contribution in [2.45, 2.75) is 6.92 Å². The average molecular weight is 406 g/mol. The highest BCUT2D eigenvalue weighted by Gasteiger charge is 2.24. The summed E-state index contributed by atoms with van der Waals surface area (Å²) in [5.74, 6) is 2.40. The van der Waals surface area contributed by atoms with E-state index in [-0.39, 0.29) is 12.5 Å². The van der Waals surface area contributed by atoms with Crippen LogP contribution in [-0.2, 0) is 4.79 Å². The molecule has 1 aromatic heterocycles. The molecule has 0 saturated carbocycles. The van der Waals surface area contributed by atoms with Crippen LogP contribution in [0.3, 0.4) is 0 Å². The van der Waals surface area contributed by atoms with E-state index in [1.54, 1.807) is 13.3 Å². The Bertz CT molecular complexity index is 1010. The van der Waals surface area contributed by atoms with Crippen LogP contribution >= 0.6 is 0 Å². The molecule has 1 amide bonds. The lowest BCUT2D eigenvalue weighted by molar-refractivity contribution is -0.133. The standard InChI is InChI=1S/C23H26N4O3/c1-18-5-3-8-21(15-18)30-17-22(28)25-11-13-26(14-12-25)23-24-9-10-27(23)19-6-4-7-20(16-19)29-2/h3-10,15-16H,11-14,17H2,1-2H3. The van der Waals surface area contributed by atoms with E-state index < -0.39 is 0 Å². The van der Waals surface area contributed by atoms with Crippen LogP contribution in [0.1, 0.15) is 5.56 Å². The fourth-order valence-corrected chi connectivity index (χ4v) is 3.59. The lowest BCUT2D eigenvalue weighted by Gasteiger charge is -2.35. The van der Waals surface area contributed by atoms with Gasteiger partial charge in [-0.05, 0) is 36.8 Å². The molecule has 7 heteroatoms. The third kappa shape index (κ3) is 4.40. The molecule has 1 saturated heterocycles. The van der Waals surface area contributed by atoms with Gasteiger partial charge < -0.3 is 19.3 Å². The first-order valence-corrected chi connectivity index (χ1v) is 10.0. The summed E-state index contributed by atoms with van der Waals surface area (Å²) < 4.78 is 13.0. The highest BCUT2D eigenvalue weighted by molar-refractivity contribution is 5.78. The fraction of sp³-hybridized carbons (Fsp3) is 0.304. The molecule has 0 bridgehead atoms. The summed E-state index contributed by atoms with van der Waals surface area (Å²) in [5, 5.41) is 0. The summed E-state index contributed by atoms with van der Waals surface area (Å²) in [5.41, 5.74) is 2.10. The number of aryl methyl sites for hydroxylation is 1. The number of benzene rings is 2. The second-order valence-electron chi connectivity index (χ2n) is 7.27. The maximum Gasteiger partial charge on any atom is 0.260 e. The number of imidazole rings is 1. The van der Waals surface area contributed by atoms with Crippen molar-refractivity contribution < 1.29 is 14.3 Å². The summed E-state index contributed by atoms with van der Waals surface area (Å²) in [6.45, 7) is 4.78. The number of ether oxygens (including phenoxy) is 2. The van der Waals surface area contributed by atoms with Crippen molar-refractivity contribution in [1.82, 2.24) is 14.5 Å². The zero-order valence-corrected chi connectivity index (χ0v) is 17.3. The van der Waals surface area contributed by atoms with Gasteiger partial charge in [0.25, 0.3) is 5.91 Å². The van der Waals surface area contributed by atoms with Crippen LogP contribution in [-0.4, -0.2) is 60.3 Å². The largest absolute Gasteiger partial charge is 0.497 e. The van der Waals surface area contributed by atoms with Gasteiger partial charge in [-0.15, -0.1) is 0 Å². The maximum absolute atomic E-state index is 12.6. The Morgan fingerprint density at radius 3 is 2.57 bits per heavy atom. The first-order valence-electron chi connectivity index (χ1n) is 10.0. The Kier molecular flexibility index (Phi) is 5.88. The van der Waals surface area contributed by atoms with Crippen LogP contribution in [0.5, 0.6) is 11.5 Å². The molecule has 0 radical (unpaired) electrons. The van der Waals surface area contributed by atoms with Crippen molar-refractivity contribution in [1.29, 1.82) is 0 Å². The van der Waals surface area contributed by atoms with Gasteiger partial charge in [-0.2, -0.15) is 0 Å². The van der Waals surface area contributed by atoms with Crippen LogP contribution < -0.4 is 14.4 Å². The molecule has 1 aliphatic heterocycles. The van der Waals surface area contributed by atoms with Crippen molar-refractivity contribution in [3.63, 3.8) is 0 Å². The van der Waals surface area contributed by atoms with Gasteiger partial charge in [0.2, 0.25) is 5.95 Å². The van der Waals surface area contributed by atoms with E-state index in [1.807, 2.05) is 71.1 Å². The summed E-state index contributed by atoms with van der Waals surface area (Å²) in [4.78, 5) is 21.2. The first kappa shape index (κ1) is 19.8. The van der Waals surface area contributed by atoms with Gasteiger partial charge in [-0.25, -0.2) is 4.98 Å². The van der Waals surface area contributed by atoms with E-state index in [9.17, 15) is 4.79 Å². The molecule has 30 heavy (non-hydrogen) atoms. The van der Waals surface area contributed by atoms with Crippen LogP contribution in [0.2, 0.25) is 0 Å². The number of amides is 1. The van der Waals surface area contributed by atoms with Gasteiger partial charge in [0.05, 0.1) is 12.8 Å². The predicted octanol–water partition coefficient (Wildman–Crippen LogP) is 2.92. The van der Waals surface area contributed by atoms with Gasteiger partial charge in [-0.3, -0.25) is 9.36 Å². The number of methoxy groups -OCH3 is 1. The molecule has 0 atom stereocenters. The van der Waals surface area contributed by atoms with Gasteiger partial charge in [0.15, 0.2) is 6.61 Å². The van der Waals surface area contributed by atoms with Gasteiger partial charge in [-0.1, -0.05) is 18.2 Å². The van der Waals surface area contributed by atoms with Crippen LogP contribution in [0.15, 0.2) is 60.9 Å². The van der Waals surface area contributed by atoms with Crippen molar-refractivity contribution in [2.75, 3.05) is 44.8 Å². The van der Waals surface area contributed by atoms with E-state index in [1.165, 1.54) is 0 Å². The first-order chi connectivity index (χ1) is 14.6. The number of hydrogen-bond acceptors (Lipinski definition) is 5. The summed E-state index contributed by atoms with van der Waals surface area (Å²) in [6.07, 6.45) is 3.74. The van der Waals surface area contributed by atoms with Crippen LogP contribution in [0.4, 0.5) is 5.95 Å². The molecular formula is C23H26N4O3. The Morgan fingerprint density at radius 2 is 1.80 bits per heavy atom. The number of rotatable bonds is 6. The monoisotopic (exact) mass is 406 g/mol. The number of piperazine rings is 1. The van der Waals surface area contributed by atoms with Crippen LogP contribution in [0.25, 0.3) is 5.69 Å². The zero-order valence-electron chi connectivity index (χ0n) is 17.3. The summed E-state index contributed by atoms with van der Waals surface area (Å²) in [6, 6.07) is 15.6. The van der Waals surface area contributed by atoms with E-state index in [2.05, 4.69) is 9.88 Å². The van der Waals surface area contributed by atoms with Gasteiger partial charge in [0.1, 0.15) is 11.5 Å². The van der Waals surface area contributed by atoms with E-state index >= 15 is 0 Å². The molecule has 4 rings (SSSR count). The lowest BCUT2D eigenvalue weighted by atomic mass is 10.2. The van der Waals surface area contributed by atoms with Gasteiger partial charge in [0, 0.05) is 44.6 Å². The Morgan fingerprint density at radius 1 is 1.03 bits per heavy atom. The predicted molar refractivity (Wildman–Crippen MR) is 116 cm³/mol. The summed E-state index contributed by atoms with van der Waals surface area (Å²) in [7, 11) is 1.66. The molecule has 1 fully saturated rings. The quantitative estimate of drug-likeness (QED) is 0.630. The van der Waals surface area contributed by atoms with Crippen LogP contribution in [0, 0.1) is 6.92 Å². The van der Waals surface area contributed by atoms with E-state index in [0.29, 0.717) is 13.1 Å². The topological polar surface area (TPSA) is 59.8 Å². The lowest BCUT2D eigenvalue weighted by Crippen LogP contribution is -2.50. The Labute approximate surface area is 176 Å². The number of nitrogens with zero attached hydrogens (tertiary/aromatic N) is 4. The number of carbonyl (C=O) groups excluding carboxylic acids is 1. The minimum Gasteiger partial charge on any atom is -0.497 e. The van der Waals surface area contributed by atoms with Crippen molar-refractivity contribution in [3.05, 3.63) is 66.5 Å². The normalized spacial score (nSPS) is 13.9. The number of aromatic nitrogens is 2. The second kappa shape index (κ2) is 8.90. The van der Waals surface area contributed by atoms with Crippen molar-refractivity contribution in [2.24, 2.45) is 0 Å². The van der Waals surface area contributed by atoms with E-state index in [0.717, 1.165) is 41.8 Å². The zero-order chi connectivity index (χ0) is 20.9. The number of hydrogen-bond donors (Lipinski definition) is 0. The second-order valence-corrected chi connectivity index (χ2v) is 7.27. The third-order valence-electron chi connectivity index (χ3n) is 5.22. The van der Waals surface area contributed by atoms with Crippen molar-refractivity contribution >= 4 is 11.9 Å². The Balaban J connectivity index is 1.36. The highest BCUT2D eigenvalue weighted by atomic mass is 16.5. The smallest absolute Gasteiger partial charge is 0.260 e. The van der Waals surface area contributed by atoms with E-state index in [4.69, 9.17) is 9.47 Å². The molecule has 1 aliphatic rings. The fourth-order valence-electron chi connectivity index (χ4n) is 3.59. The highest BCUT2D eigenvalue weighted by Crippen LogP contribution is 2.23. The average Bonchev–Trinajstić information content (AvgIpc) is 3.28. The molecule has 156 valence electrons. The number of carbonyl (C=O) groups is 1. The molecule has 2 aromatic carbocycles. The third-order valence-corrected chi connectivity index (χ3v) is 5.22. The molecule has 2 heterocycles. The molecule has 7 nitrogen and oxygen atoms in total. The minimum absolute atomic E-state index is 0.00675. The molecule has 0 unspecified atom stereocenters. The molecule has 0 spiro atoms. The SMILES string of the molecule is COc1cccc(-n2ccnc2N2CCN(C(=O)COc3cccc(C)c3)CC2)c1.